The van der Waals surface area contributed by atoms with E-state index in [4.69, 9.17) is 0 Å². The third-order valence-electron chi connectivity index (χ3n) is 5.21. The van der Waals surface area contributed by atoms with Crippen molar-refractivity contribution in [1.29, 1.82) is 0 Å². The predicted molar refractivity (Wildman–Crippen MR) is 85.5 cm³/mol. The van der Waals surface area contributed by atoms with Gasteiger partial charge in [0.1, 0.15) is 0 Å². The molecule has 120 valence electrons. The standard InChI is InChI=1S/C16H27NO3S/c1-12-13(2)21-10-9-17(12)14(18)11-16(15(19)20)7-5-3-4-6-8-16/h12-13H,3-11H2,1-2H3,(H,19,20). The summed E-state index contributed by atoms with van der Waals surface area (Å²) in [4.78, 5) is 26.4. The quantitative estimate of drug-likeness (QED) is 0.813. The van der Waals surface area contributed by atoms with Crippen LogP contribution in [-0.2, 0) is 9.59 Å². The minimum absolute atomic E-state index is 0.0407. The van der Waals surface area contributed by atoms with Crippen molar-refractivity contribution in [3.63, 3.8) is 0 Å². The third kappa shape index (κ3) is 3.74. The molecule has 1 saturated heterocycles. The largest absolute Gasteiger partial charge is 0.481 e. The summed E-state index contributed by atoms with van der Waals surface area (Å²) in [5.74, 6) is 0.223. The summed E-state index contributed by atoms with van der Waals surface area (Å²) in [6.07, 6.45) is 5.54. The van der Waals surface area contributed by atoms with Gasteiger partial charge < -0.3 is 10.0 Å². The van der Waals surface area contributed by atoms with E-state index in [9.17, 15) is 14.7 Å². The first kappa shape index (κ1) is 16.7. The Labute approximate surface area is 131 Å². The first-order valence-corrected chi connectivity index (χ1v) is 9.16. The van der Waals surface area contributed by atoms with Gasteiger partial charge in [-0.1, -0.05) is 32.6 Å². The fourth-order valence-corrected chi connectivity index (χ4v) is 4.65. The Morgan fingerprint density at radius 3 is 2.38 bits per heavy atom. The number of rotatable bonds is 3. The minimum atomic E-state index is -0.818. The highest BCUT2D eigenvalue weighted by molar-refractivity contribution is 8.00. The number of nitrogens with zero attached hydrogens (tertiary/aromatic N) is 1. The predicted octanol–water partition coefficient (Wildman–Crippen LogP) is 3.15. The van der Waals surface area contributed by atoms with Crippen molar-refractivity contribution in [1.82, 2.24) is 4.90 Å². The lowest BCUT2D eigenvalue weighted by atomic mass is 9.77. The van der Waals surface area contributed by atoms with Gasteiger partial charge in [0.25, 0.3) is 0 Å². The first-order valence-electron chi connectivity index (χ1n) is 8.11. The van der Waals surface area contributed by atoms with Crippen molar-refractivity contribution in [2.24, 2.45) is 5.41 Å². The number of carboxylic acids is 1. The zero-order valence-electron chi connectivity index (χ0n) is 13.1. The lowest BCUT2D eigenvalue weighted by Crippen LogP contribution is -2.50. The molecule has 1 saturated carbocycles. The molecule has 1 amide bonds. The van der Waals surface area contributed by atoms with E-state index in [-0.39, 0.29) is 18.4 Å². The highest BCUT2D eigenvalue weighted by atomic mass is 32.2. The van der Waals surface area contributed by atoms with Crippen LogP contribution in [0.15, 0.2) is 0 Å². The molecule has 21 heavy (non-hydrogen) atoms. The molecular weight excluding hydrogens is 286 g/mol. The number of carbonyl (C=O) groups is 2. The number of hydrogen-bond acceptors (Lipinski definition) is 3. The van der Waals surface area contributed by atoms with Gasteiger partial charge >= 0.3 is 5.97 Å². The molecular formula is C16H27NO3S. The summed E-state index contributed by atoms with van der Waals surface area (Å²) in [7, 11) is 0. The van der Waals surface area contributed by atoms with Crippen molar-refractivity contribution in [2.75, 3.05) is 12.3 Å². The lowest BCUT2D eigenvalue weighted by Gasteiger charge is -2.39. The fraction of sp³-hybridized carbons (Fsp3) is 0.875. The molecule has 2 aliphatic rings. The van der Waals surface area contributed by atoms with E-state index in [0.29, 0.717) is 18.1 Å². The number of thioether (sulfide) groups is 1. The molecule has 0 aromatic carbocycles. The van der Waals surface area contributed by atoms with E-state index in [1.807, 2.05) is 16.7 Å². The maximum atomic E-state index is 12.7. The summed E-state index contributed by atoms with van der Waals surface area (Å²) in [5.41, 5.74) is -0.818. The number of carboxylic acid groups (broad SMARTS) is 1. The van der Waals surface area contributed by atoms with Gasteiger partial charge in [0.05, 0.1) is 5.41 Å². The van der Waals surface area contributed by atoms with E-state index in [2.05, 4.69) is 13.8 Å². The lowest BCUT2D eigenvalue weighted by molar-refractivity contribution is -0.155. The Bertz CT molecular complexity index is 391. The van der Waals surface area contributed by atoms with Gasteiger partial charge in [0.2, 0.25) is 5.91 Å². The maximum absolute atomic E-state index is 12.7. The maximum Gasteiger partial charge on any atom is 0.310 e. The molecule has 2 unspecified atom stereocenters. The van der Waals surface area contributed by atoms with Crippen LogP contribution in [0.5, 0.6) is 0 Å². The Kier molecular flexibility index (Phi) is 5.58. The molecule has 4 nitrogen and oxygen atoms in total. The molecule has 0 bridgehead atoms. The second-order valence-corrected chi connectivity index (χ2v) is 8.07. The van der Waals surface area contributed by atoms with Crippen molar-refractivity contribution in [3.05, 3.63) is 0 Å². The van der Waals surface area contributed by atoms with Gasteiger partial charge in [-0.3, -0.25) is 9.59 Å². The van der Waals surface area contributed by atoms with Crippen LogP contribution >= 0.6 is 11.8 Å². The van der Waals surface area contributed by atoms with E-state index in [1.54, 1.807) is 0 Å². The molecule has 1 N–H and O–H groups in total. The van der Waals surface area contributed by atoms with Crippen LogP contribution in [0.1, 0.15) is 58.8 Å². The average Bonchev–Trinajstić information content (AvgIpc) is 2.68. The molecule has 1 aliphatic carbocycles. The highest BCUT2D eigenvalue weighted by Crippen LogP contribution is 2.39. The van der Waals surface area contributed by atoms with Gasteiger partial charge in [-0.15, -0.1) is 0 Å². The highest BCUT2D eigenvalue weighted by Gasteiger charge is 2.42. The molecule has 0 aromatic rings. The van der Waals surface area contributed by atoms with E-state index in [0.717, 1.165) is 38.0 Å². The van der Waals surface area contributed by atoms with E-state index < -0.39 is 11.4 Å². The normalized spacial score (nSPS) is 29.7. The number of carbonyl (C=O) groups excluding carboxylic acids is 1. The zero-order valence-corrected chi connectivity index (χ0v) is 14.0. The molecule has 1 heterocycles. The first-order chi connectivity index (χ1) is 9.96. The van der Waals surface area contributed by atoms with Gasteiger partial charge in [-0.05, 0) is 19.8 Å². The summed E-state index contributed by atoms with van der Waals surface area (Å²) in [6.45, 7) is 4.98. The smallest absolute Gasteiger partial charge is 0.310 e. The van der Waals surface area contributed by atoms with Crippen LogP contribution in [0.4, 0.5) is 0 Å². The Hall–Kier alpha value is -0.710. The fourth-order valence-electron chi connectivity index (χ4n) is 3.55. The molecule has 1 aliphatic heterocycles. The topological polar surface area (TPSA) is 57.6 Å². The molecule has 0 aromatic heterocycles. The summed E-state index contributed by atoms with van der Waals surface area (Å²) in [6, 6.07) is 0.202. The van der Waals surface area contributed by atoms with Crippen molar-refractivity contribution < 1.29 is 14.7 Å². The van der Waals surface area contributed by atoms with Crippen LogP contribution in [0.3, 0.4) is 0 Å². The number of aliphatic carboxylic acids is 1. The number of amides is 1. The van der Waals surface area contributed by atoms with Crippen molar-refractivity contribution in [3.8, 4) is 0 Å². The number of hydrogen-bond donors (Lipinski definition) is 1. The van der Waals surface area contributed by atoms with Crippen LogP contribution in [0, 0.1) is 5.41 Å². The molecule has 5 heteroatoms. The van der Waals surface area contributed by atoms with Gasteiger partial charge in [-0.2, -0.15) is 11.8 Å². The molecule has 0 radical (unpaired) electrons. The molecule has 0 spiro atoms. The molecule has 2 fully saturated rings. The van der Waals surface area contributed by atoms with E-state index in [1.165, 1.54) is 0 Å². The third-order valence-corrected chi connectivity index (χ3v) is 6.55. The van der Waals surface area contributed by atoms with Gasteiger partial charge in [0.15, 0.2) is 0 Å². The monoisotopic (exact) mass is 313 g/mol. The van der Waals surface area contributed by atoms with Crippen molar-refractivity contribution in [2.45, 2.75) is 70.1 Å². The zero-order chi connectivity index (χ0) is 15.5. The van der Waals surface area contributed by atoms with E-state index >= 15 is 0 Å². The van der Waals surface area contributed by atoms with Crippen LogP contribution in [0.25, 0.3) is 0 Å². The SMILES string of the molecule is CC1SCCN(C(=O)CC2(C(=O)O)CCCCCC2)C1C. The Morgan fingerprint density at radius 1 is 1.19 bits per heavy atom. The average molecular weight is 313 g/mol. The second-order valence-electron chi connectivity index (χ2n) is 6.58. The summed E-state index contributed by atoms with van der Waals surface area (Å²) >= 11 is 1.89. The molecule has 2 rings (SSSR count). The van der Waals surface area contributed by atoms with Crippen LogP contribution in [-0.4, -0.2) is 45.5 Å². The van der Waals surface area contributed by atoms with Gasteiger partial charge in [0, 0.05) is 30.0 Å². The van der Waals surface area contributed by atoms with Crippen molar-refractivity contribution >= 4 is 23.6 Å². The minimum Gasteiger partial charge on any atom is -0.481 e. The Balaban J connectivity index is 2.09. The second kappa shape index (κ2) is 7.03. The van der Waals surface area contributed by atoms with Crippen LogP contribution < -0.4 is 0 Å². The summed E-state index contributed by atoms with van der Waals surface area (Å²) < 4.78 is 0. The Morgan fingerprint density at radius 2 is 1.81 bits per heavy atom. The van der Waals surface area contributed by atoms with Crippen LogP contribution in [0.2, 0.25) is 0 Å². The molecule has 2 atom stereocenters. The van der Waals surface area contributed by atoms with Gasteiger partial charge in [-0.25, -0.2) is 0 Å². The summed E-state index contributed by atoms with van der Waals surface area (Å²) in [5, 5.41) is 10.1.